The van der Waals surface area contributed by atoms with E-state index in [0.29, 0.717) is 23.0 Å². The first kappa shape index (κ1) is 15.6. The van der Waals surface area contributed by atoms with Crippen LogP contribution < -0.4 is 0 Å². The van der Waals surface area contributed by atoms with Gasteiger partial charge in [0, 0.05) is 24.9 Å². The Labute approximate surface area is 145 Å². The quantitative estimate of drug-likeness (QED) is 0.679. The van der Waals surface area contributed by atoms with Crippen molar-refractivity contribution in [2.75, 3.05) is 13.7 Å². The molecule has 5 aliphatic rings. The number of carbonyl (C=O) groups is 1. The molecule has 0 N–H and O–H groups in total. The summed E-state index contributed by atoms with van der Waals surface area (Å²) in [4.78, 5) is 12.6. The number of hydrogen-bond donors (Lipinski definition) is 0. The molecule has 132 valence electrons. The van der Waals surface area contributed by atoms with E-state index in [-0.39, 0.29) is 23.0 Å². The van der Waals surface area contributed by atoms with Crippen LogP contribution >= 0.6 is 0 Å². The van der Waals surface area contributed by atoms with Gasteiger partial charge in [0.2, 0.25) is 0 Å². The Morgan fingerprint density at radius 3 is 2.79 bits per heavy atom. The van der Waals surface area contributed by atoms with Crippen molar-refractivity contribution in [2.45, 2.75) is 64.6 Å². The van der Waals surface area contributed by atoms with Gasteiger partial charge >= 0.3 is 0 Å². The minimum Gasteiger partial charge on any atom is -0.355 e. The molecule has 0 aromatic carbocycles. The van der Waals surface area contributed by atoms with Crippen LogP contribution in [0.4, 0.5) is 0 Å². The van der Waals surface area contributed by atoms with Gasteiger partial charge in [0.15, 0.2) is 6.29 Å². The molecule has 1 aliphatic heterocycles. The van der Waals surface area contributed by atoms with Crippen molar-refractivity contribution < 1.29 is 14.3 Å². The van der Waals surface area contributed by atoms with Crippen LogP contribution in [0.2, 0.25) is 0 Å². The highest BCUT2D eigenvalue weighted by Crippen LogP contribution is 2.76. The maximum atomic E-state index is 12.6. The van der Waals surface area contributed by atoms with Crippen molar-refractivity contribution in [3.63, 3.8) is 0 Å². The molecule has 3 heteroatoms. The second kappa shape index (κ2) is 4.73. The first-order chi connectivity index (χ1) is 11.5. The van der Waals surface area contributed by atoms with Crippen LogP contribution in [0.15, 0.2) is 12.2 Å². The van der Waals surface area contributed by atoms with Gasteiger partial charge < -0.3 is 9.47 Å². The fourth-order valence-corrected chi connectivity index (χ4v) is 8.28. The molecule has 0 aromatic heterocycles. The highest BCUT2D eigenvalue weighted by molar-refractivity contribution is 5.87. The highest BCUT2D eigenvalue weighted by Gasteiger charge is 2.73. The molecule has 1 spiro atoms. The molecule has 1 saturated heterocycles. The van der Waals surface area contributed by atoms with E-state index in [2.05, 4.69) is 13.5 Å². The van der Waals surface area contributed by atoms with Crippen LogP contribution in [0.3, 0.4) is 0 Å². The standard InChI is InChI=1S/C21H30O3/c1-13-11-20-10-7-15-19(2)8-4-9-21(15,18(23-3)24-12-19)16(20)6-5-14(22)17(13)20/h15-18H,1,4-12H2,2-3H3/t15-,16-,17-,18+,19-,20+,21+/m1/s1. The van der Waals surface area contributed by atoms with E-state index in [1.54, 1.807) is 0 Å². The largest absolute Gasteiger partial charge is 0.355 e. The Morgan fingerprint density at radius 1 is 1.21 bits per heavy atom. The lowest BCUT2D eigenvalue weighted by molar-refractivity contribution is -0.342. The normalized spacial score (nSPS) is 55.9. The minimum absolute atomic E-state index is 0.0826. The van der Waals surface area contributed by atoms with Crippen LogP contribution in [-0.4, -0.2) is 25.8 Å². The van der Waals surface area contributed by atoms with E-state index >= 15 is 0 Å². The second-order valence-electron chi connectivity index (χ2n) is 9.65. The first-order valence-electron chi connectivity index (χ1n) is 9.83. The lowest BCUT2D eigenvalue weighted by atomic mass is 9.33. The SMILES string of the molecule is C=C1C[C@@]23CC[C@@H]4[C@]5(C)CCC[C@@]4([C@@H](OC)OC5)[C@@H]2CCC(=O)[C@@H]13. The van der Waals surface area contributed by atoms with Crippen molar-refractivity contribution in [3.8, 4) is 0 Å². The summed E-state index contributed by atoms with van der Waals surface area (Å²) in [5, 5.41) is 0. The molecule has 0 aromatic rings. The molecule has 2 bridgehead atoms. The molecule has 24 heavy (non-hydrogen) atoms. The number of Topliss-reactive ketones (excluding diaryl/α,β-unsaturated/α-hetero) is 1. The van der Waals surface area contributed by atoms with Crippen LogP contribution in [0, 0.1) is 34.0 Å². The third-order valence-electron chi connectivity index (χ3n) is 8.85. The minimum atomic E-state index is -0.0826. The lowest BCUT2D eigenvalue weighted by Crippen LogP contribution is -2.71. The Balaban J connectivity index is 1.64. The topological polar surface area (TPSA) is 35.5 Å². The van der Waals surface area contributed by atoms with Crippen molar-refractivity contribution in [1.82, 2.24) is 0 Å². The summed E-state index contributed by atoms with van der Waals surface area (Å²) < 4.78 is 12.3. The zero-order valence-electron chi connectivity index (χ0n) is 15.1. The molecular weight excluding hydrogens is 300 g/mol. The number of rotatable bonds is 1. The zero-order chi connectivity index (χ0) is 16.7. The number of hydrogen-bond acceptors (Lipinski definition) is 3. The van der Waals surface area contributed by atoms with E-state index in [1.807, 2.05) is 7.11 Å². The maximum Gasteiger partial charge on any atom is 0.163 e. The van der Waals surface area contributed by atoms with Crippen molar-refractivity contribution in [2.24, 2.45) is 34.0 Å². The average Bonchev–Trinajstić information content (AvgIpc) is 2.52. The van der Waals surface area contributed by atoms with Gasteiger partial charge in [-0.25, -0.2) is 0 Å². The van der Waals surface area contributed by atoms with Gasteiger partial charge in [-0.1, -0.05) is 25.5 Å². The van der Waals surface area contributed by atoms with Gasteiger partial charge in [0.1, 0.15) is 5.78 Å². The Kier molecular flexibility index (Phi) is 3.07. The lowest BCUT2D eigenvalue weighted by Gasteiger charge is -2.73. The summed E-state index contributed by atoms with van der Waals surface area (Å²) in [7, 11) is 1.82. The summed E-state index contributed by atoms with van der Waals surface area (Å²) in [6.45, 7) is 7.52. The van der Waals surface area contributed by atoms with Gasteiger partial charge in [0.05, 0.1) is 6.61 Å². The summed E-state index contributed by atoms with van der Waals surface area (Å²) >= 11 is 0. The second-order valence-corrected chi connectivity index (χ2v) is 9.65. The first-order valence-corrected chi connectivity index (χ1v) is 9.83. The van der Waals surface area contributed by atoms with E-state index < -0.39 is 0 Å². The molecule has 1 heterocycles. The van der Waals surface area contributed by atoms with Crippen LogP contribution in [0.5, 0.6) is 0 Å². The molecular formula is C21H30O3. The number of ketones is 1. The van der Waals surface area contributed by atoms with Crippen molar-refractivity contribution >= 4 is 5.78 Å². The average molecular weight is 330 g/mol. The molecule has 0 amide bonds. The number of carbonyl (C=O) groups excluding carboxylic acids is 1. The highest BCUT2D eigenvalue weighted by atomic mass is 16.7. The summed E-state index contributed by atoms with van der Waals surface area (Å²) in [6.07, 6.45) is 8.99. The molecule has 5 fully saturated rings. The fourth-order valence-electron chi connectivity index (χ4n) is 8.28. The molecule has 3 nitrogen and oxygen atoms in total. The summed E-state index contributed by atoms with van der Waals surface area (Å²) in [5.41, 5.74) is 1.80. The van der Waals surface area contributed by atoms with E-state index in [9.17, 15) is 4.79 Å². The van der Waals surface area contributed by atoms with Gasteiger partial charge in [-0.15, -0.1) is 0 Å². The predicted octanol–water partition coefficient (Wildman–Crippen LogP) is 4.12. The Morgan fingerprint density at radius 2 is 2.04 bits per heavy atom. The number of ether oxygens (including phenoxy) is 2. The maximum absolute atomic E-state index is 12.6. The number of methoxy groups -OCH3 is 1. The zero-order valence-corrected chi connectivity index (χ0v) is 15.1. The van der Waals surface area contributed by atoms with Crippen LogP contribution in [0.25, 0.3) is 0 Å². The van der Waals surface area contributed by atoms with Crippen LogP contribution in [0.1, 0.15) is 58.3 Å². The molecule has 5 rings (SSSR count). The smallest absolute Gasteiger partial charge is 0.163 e. The Hall–Kier alpha value is -0.670. The molecule has 0 unspecified atom stereocenters. The van der Waals surface area contributed by atoms with E-state index in [0.717, 1.165) is 25.9 Å². The third-order valence-corrected chi connectivity index (χ3v) is 8.85. The number of allylic oxidation sites excluding steroid dienone is 1. The molecule has 4 aliphatic carbocycles. The van der Waals surface area contributed by atoms with Crippen LogP contribution in [-0.2, 0) is 14.3 Å². The van der Waals surface area contributed by atoms with E-state index in [1.165, 1.54) is 37.7 Å². The van der Waals surface area contributed by atoms with Crippen molar-refractivity contribution in [3.05, 3.63) is 12.2 Å². The summed E-state index contributed by atoms with van der Waals surface area (Å²) in [5.74, 6) is 1.86. The summed E-state index contributed by atoms with van der Waals surface area (Å²) in [6, 6.07) is 0. The van der Waals surface area contributed by atoms with Gasteiger partial charge in [-0.05, 0) is 61.2 Å². The fraction of sp³-hybridized carbons (Fsp3) is 0.857. The third kappa shape index (κ3) is 1.55. The molecule has 0 radical (unpaired) electrons. The monoisotopic (exact) mass is 330 g/mol. The van der Waals surface area contributed by atoms with Gasteiger partial charge in [-0.2, -0.15) is 0 Å². The Bertz CT molecular complexity index is 612. The van der Waals surface area contributed by atoms with E-state index in [4.69, 9.17) is 9.47 Å². The van der Waals surface area contributed by atoms with Crippen molar-refractivity contribution in [1.29, 1.82) is 0 Å². The van der Waals surface area contributed by atoms with Gasteiger partial charge in [-0.3, -0.25) is 4.79 Å². The molecule has 4 saturated carbocycles. The molecule has 7 atom stereocenters. The van der Waals surface area contributed by atoms with Gasteiger partial charge in [0.25, 0.3) is 0 Å². The predicted molar refractivity (Wildman–Crippen MR) is 91.3 cm³/mol.